The van der Waals surface area contributed by atoms with Crippen LogP contribution in [-0.2, 0) is 16.0 Å². The molecule has 0 unspecified atom stereocenters. The van der Waals surface area contributed by atoms with Crippen LogP contribution >= 0.6 is 0 Å². The molecule has 1 aliphatic carbocycles. The Balaban J connectivity index is 1.76. The molecule has 1 saturated heterocycles. The summed E-state index contributed by atoms with van der Waals surface area (Å²) >= 11 is 0. The normalized spacial score (nSPS) is 24.3. The summed E-state index contributed by atoms with van der Waals surface area (Å²) < 4.78 is 12.2. The van der Waals surface area contributed by atoms with E-state index in [0.717, 1.165) is 24.0 Å². The summed E-state index contributed by atoms with van der Waals surface area (Å²) in [5.41, 5.74) is 1.32. The van der Waals surface area contributed by atoms with Gasteiger partial charge in [0, 0.05) is 6.54 Å². The third-order valence-electron chi connectivity index (χ3n) is 6.65. The summed E-state index contributed by atoms with van der Waals surface area (Å²) in [5.74, 6) is 0.399. The molecule has 1 aliphatic heterocycles. The topological polar surface area (TPSA) is 38.8 Å². The highest BCUT2D eigenvalue weighted by Gasteiger charge is 2.60. The summed E-state index contributed by atoms with van der Waals surface area (Å²) in [7, 11) is 0. The van der Waals surface area contributed by atoms with Crippen molar-refractivity contribution >= 4 is 6.09 Å². The molecule has 1 heterocycles. The van der Waals surface area contributed by atoms with Crippen LogP contribution in [0.25, 0.3) is 0 Å². The van der Waals surface area contributed by atoms with Gasteiger partial charge in [-0.05, 0) is 50.7 Å². The molecule has 0 aromatic heterocycles. The summed E-state index contributed by atoms with van der Waals surface area (Å²) in [6.07, 6.45) is 5.57. The molecule has 166 valence electrons. The number of benzene rings is 2. The summed E-state index contributed by atoms with van der Waals surface area (Å²) in [5, 5.41) is 0. The second-order valence-corrected chi connectivity index (χ2v) is 9.98. The molecule has 31 heavy (non-hydrogen) atoms. The van der Waals surface area contributed by atoms with E-state index in [0.29, 0.717) is 19.1 Å². The van der Waals surface area contributed by atoms with Gasteiger partial charge in [0.05, 0.1) is 6.61 Å². The van der Waals surface area contributed by atoms with Crippen LogP contribution in [-0.4, -0.2) is 28.7 Å². The maximum Gasteiger partial charge on any atom is 0.411 e. The zero-order chi connectivity index (χ0) is 21.9. The zero-order valence-electron chi connectivity index (χ0n) is 19.0. The van der Waals surface area contributed by atoms with Crippen molar-refractivity contribution in [2.75, 3.05) is 6.61 Å². The number of carbonyl (C=O) groups excluding carboxylic acids is 1. The van der Waals surface area contributed by atoms with Gasteiger partial charge in [-0.2, -0.15) is 0 Å². The van der Waals surface area contributed by atoms with Gasteiger partial charge in [0.25, 0.3) is 0 Å². The Bertz CT molecular complexity index is 855. The largest absolute Gasteiger partial charge is 0.444 e. The molecule has 1 amide bonds. The number of hydrogen-bond donors (Lipinski definition) is 0. The van der Waals surface area contributed by atoms with E-state index >= 15 is 0 Å². The first-order valence-electron chi connectivity index (χ1n) is 11.6. The fourth-order valence-corrected chi connectivity index (χ4v) is 5.19. The molecule has 2 aromatic rings. The lowest BCUT2D eigenvalue weighted by atomic mass is 9.66. The van der Waals surface area contributed by atoms with Gasteiger partial charge >= 0.3 is 6.09 Å². The Morgan fingerprint density at radius 2 is 1.61 bits per heavy atom. The lowest BCUT2D eigenvalue weighted by Gasteiger charge is -2.59. The minimum Gasteiger partial charge on any atom is -0.444 e. The summed E-state index contributed by atoms with van der Waals surface area (Å²) in [6.45, 7) is 6.89. The smallest absolute Gasteiger partial charge is 0.411 e. The van der Waals surface area contributed by atoms with Crippen LogP contribution in [0.15, 0.2) is 60.7 Å². The highest BCUT2D eigenvalue weighted by molar-refractivity contribution is 5.70. The summed E-state index contributed by atoms with van der Waals surface area (Å²) in [6, 6.07) is 20.6. The first kappa shape index (κ1) is 21.9. The van der Waals surface area contributed by atoms with Crippen LogP contribution in [0.4, 0.5) is 4.79 Å². The molecule has 2 atom stereocenters. The van der Waals surface area contributed by atoms with Crippen molar-refractivity contribution < 1.29 is 14.3 Å². The van der Waals surface area contributed by atoms with E-state index in [1.165, 1.54) is 19.3 Å². The lowest BCUT2D eigenvalue weighted by Crippen LogP contribution is -2.69. The van der Waals surface area contributed by atoms with Crippen molar-refractivity contribution in [3.05, 3.63) is 71.8 Å². The van der Waals surface area contributed by atoms with Crippen LogP contribution < -0.4 is 0 Å². The Morgan fingerprint density at radius 1 is 1.00 bits per heavy atom. The van der Waals surface area contributed by atoms with Crippen LogP contribution in [0.2, 0.25) is 0 Å². The van der Waals surface area contributed by atoms with Crippen LogP contribution in [0.1, 0.15) is 70.1 Å². The van der Waals surface area contributed by atoms with Gasteiger partial charge in [-0.15, -0.1) is 0 Å². The third kappa shape index (κ3) is 4.64. The van der Waals surface area contributed by atoms with Gasteiger partial charge < -0.3 is 9.47 Å². The van der Waals surface area contributed by atoms with E-state index < -0.39 is 5.60 Å². The number of amides is 1. The minimum absolute atomic E-state index is 0.131. The van der Waals surface area contributed by atoms with Crippen LogP contribution in [0.3, 0.4) is 0 Å². The predicted octanol–water partition coefficient (Wildman–Crippen LogP) is 6.51. The average molecular weight is 422 g/mol. The number of carbonyl (C=O) groups is 1. The molecule has 4 heteroatoms. The van der Waals surface area contributed by atoms with E-state index in [1.54, 1.807) is 0 Å². The van der Waals surface area contributed by atoms with E-state index in [4.69, 9.17) is 9.47 Å². The Labute approximate surface area is 186 Å². The summed E-state index contributed by atoms with van der Waals surface area (Å²) in [4.78, 5) is 15.7. The highest BCUT2D eigenvalue weighted by atomic mass is 16.6. The third-order valence-corrected chi connectivity index (χ3v) is 6.65. The van der Waals surface area contributed by atoms with Gasteiger partial charge in [-0.1, -0.05) is 79.9 Å². The SMILES string of the molecule is CC(C)(C)OC(=O)N(Cc1ccccc1)[C@@]1(C2CCCCC2)CO[C@H]1c1ccccc1. The fraction of sp³-hybridized carbons (Fsp3) is 0.519. The first-order valence-corrected chi connectivity index (χ1v) is 11.6. The monoisotopic (exact) mass is 421 g/mol. The average Bonchev–Trinajstić information content (AvgIpc) is 2.74. The van der Waals surface area contributed by atoms with Crippen LogP contribution in [0.5, 0.6) is 0 Å². The Morgan fingerprint density at radius 3 is 2.16 bits per heavy atom. The highest BCUT2D eigenvalue weighted by Crippen LogP contribution is 2.53. The Hall–Kier alpha value is -2.33. The van der Waals surface area contributed by atoms with Gasteiger partial charge in [0.1, 0.15) is 17.2 Å². The van der Waals surface area contributed by atoms with Crippen molar-refractivity contribution in [1.82, 2.24) is 4.90 Å². The molecule has 0 N–H and O–H groups in total. The molecule has 4 rings (SSSR count). The lowest BCUT2D eigenvalue weighted by molar-refractivity contribution is -0.230. The Kier molecular flexibility index (Phi) is 6.38. The van der Waals surface area contributed by atoms with Crippen molar-refractivity contribution in [2.45, 2.75) is 76.7 Å². The standard InChI is InChI=1S/C27H35NO3/c1-26(2,3)31-25(29)28(19-21-13-7-4-8-14-21)27(23-17-11-6-12-18-23)20-30-24(27)22-15-9-5-10-16-22/h4-5,7-10,13-16,23-24H,6,11-12,17-20H2,1-3H3/t24-,27+/m0/s1. The van der Waals surface area contributed by atoms with E-state index in [9.17, 15) is 4.79 Å². The second-order valence-electron chi connectivity index (χ2n) is 9.98. The molecule has 2 aliphatic rings. The fourth-order valence-electron chi connectivity index (χ4n) is 5.19. The minimum atomic E-state index is -0.549. The number of ether oxygens (including phenoxy) is 2. The van der Waals surface area contributed by atoms with E-state index in [-0.39, 0.29) is 17.7 Å². The predicted molar refractivity (Wildman–Crippen MR) is 123 cm³/mol. The number of nitrogens with zero attached hydrogens (tertiary/aromatic N) is 1. The van der Waals surface area contributed by atoms with Crippen LogP contribution in [0, 0.1) is 5.92 Å². The van der Waals surface area contributed by atoms with Crippen molar-refractivity contribution in [2.24, 2.45) is 5.92 Å². The molecule has 2 aromatic carbocycles. The zero-order valence-corrected chi connectivity index (χ0v) is 19.0. The van der Waals surface area contributed by atoms with Crippen molar-refractivity contribution in [3.8, 4) is 0 Å². The maximum absolute atomic E-state index is 13.7. The first-order chi connectivity index (χ1) is 14.9. The molecule has 0 spiro atoms. The number of rotatable bonds is 5. The quantitative estimate of drug-likeness (QED) is 0.552. The van der Waals surface area contributed by atoms with Gasteiger partial charge in [-0.25, -0.2) is 4.79 Å². The molecule has 0 radical (unpaired) electrons. The molecule has 4 nitrogen and oxygen atoms in total. The molecular weight excluding hydrogens is 386 g/mol. The van der Waals surface area contributed by atoms with Crippen molar-refractivity contribution in [3.63, 3.8) is 0 Å². The van der Waals surface area contributed by atoms with E-state index in [2.05, 4.69) is 36.4 Å². The number of hydrogen-bond acceptors (Lipinski definition) is 3. The van der Waals surface area contributed by atoms with Gasteiger partial charge in [0.2, 0.25) is 0 Å². The van der Waals surface area contributed by atoms with Gasteiger partial charge in [0.15, 0.2) is 0 Å². The second kappa shape index (κ2) is 9.04. The molecule has 0 bridgehead atoms. The maximum atomic E-state index is 13.7. The molecule has 2 fully saturated rings. The van der Waals surface area contributed by atoms with Gasteiger partial charge in [-0.3, -0.25) is 4.90 Å². The van der Waals surface area contributed by atoms with Crippen molar-refractivity contribution in [1.29, 1.82) is 0 Å². The van der Waals surface area contributed by atoms with E-state index in [1.807, 2.05) is 49.9 Å². The molecule has 1 saturated carbocycles. The molecular formula is C27H35NO3.